The van der Waals surface area contributed by atoms with E-state index in [0.29, 0.717) is 25.7 Å². The monoisotopic (exact) mass is 1390 g/mol. The summed E-state index contributed by atoms with van der Waals surface area (Å²) in [5.41, 5.74) is 0. The summed E-state index contributed by atoms with van der Waals surface area (Å²) in [5.74, 6) is -2.21. The Balaban J connectivity index is 5.30. The molecule has 0 heterocycles. The summed E-state index contributed by atoms with van der Waals surface area (Å²) in [6.07, 6.45) is 71.2. The number of phosphoric ester groups is 2. The SMILES string of the molecule is CC/C=C\C/C=C\C/C=C\C/C=C\CCCCCCC(=O)OCC(COP(=O)(O)OCC(O)COP(=O)(O)OCC(COC(=O)CCCCCCCCC/C=C\C/C=C\C/C=C\CC)OC(=O)CCCCCCC/C=C\CCCC)OC(=O)CCCCCCCCCCCCC. The number of rotatable bonds is 70. The van der Waals surface area contributed by atoms with Gasteiger partial charge in [0.15, 0.2) is 12.2 Å². The zero-order chi connectivity index (χ0) is 70.4. The summed E-state index contributed by atoms with van der Waals surface area (Å²) in [6.45, 7) is 4.57. The van der Waals surface area contributed by atoms with Crippen molar-refractivity contribution >= 4 is 39.5 Å². The molecule has 0 aromatic carbocycles. The van der Waals surface area contributed by atoms with Crippen LogP contribution in [-0.4, -0.2) is 96.7 Å². The first kappa shape index (κ1) is 92.0. The fourth-order valence-corrected chi connectivity index (χ4v) is 11.4. The smallest absolute Gasteiger partial charge is 0.462 e. The summed E-state index contributed by atoms with van der Waals surface area (Å²) in [4.78, 5) is 72.7. The van der Waals surface area contributed by atoms with Gasteiger partial charge < -0.3 is 33.8 Å². The van der Waals surface area contributed by atoms with Crippen molar-refractivity contribution in [3.63, 3.8) is 0 Å². The fraction of sp³-hybridized carbons (Fsp3) is 0.740. The van der Waals surface area contributed by atoms with E-state index >= 15 is 0 Å². The van der Waals surface area contributed by atoms with E-state index in [4.69, 9.17) is 37.0 Å². The normalized spacial score (nSPS) is 14.5. The number of ether oxygens (including phenoxy) is 4. The van der Waals surface area contributed by atoms with Gasteiger partial charge in [-0.1, -0.05) is 266 Å². The van der Waals surface area contributed by atoms with Crippen molar-refractivity contribution in [3.05, 3.63) is 97.2 Å². The molecule has 0 saturated heterocycles. The zero-order valence-electron chi connectivity index (χ0n) is 60.3. The Morgan fingerprint density at radius 1 is 0.302 bits per heavy atom. The second-order valence-corrected chi connectivity index (χ2v) is 27.7. The molecule has 0 bridgehead atoms. The number of aliphatic hydroxyl groups is 1. The van der Waals surface area contributed by atoms with Crippen LogP contribution in [0.15, 0.2) is 97.2 Å². The van der Waals surface area contributed by atoms with E-state index in [-0.39, 0.29) is 25.7 Å². The Kier molecular flexibility index (Phi) is 66.6. The van der Waals surface area contributed by atoms with Gasteiger partial charge in [-0.25, -0.2) is 9.13 Å². The molecule has 0 aliphatic carbocycles. The lowest BCUT2D eigenvalue weighted by molar-refractivity contribution is -0.161. The first-order chi connectivity index (χ1) is 46.7. The Bertz CT molecular complexity index is 2200. The largest absolute Gasteiger partial charge is 0.472 e. The number of carbonyl (C=O) groups is 4. The van der Waals surface area contributed by atoms with E-state index in [2.05, 4.69) is 125 Å². The van der Waals surface area contributed by atoms with Crippen molar-refractivity contribution in [1.82, 2.24) is 0 Å². The molecule has 0 aliphatic rings. The summed E-state index contributed by atoms with van der Waals surface area (Å²) < 4.78 is 68.3. The van der Waals surface area contributed by atoms with Gasteiger partial charge in [-0.2, -0.15) is 0 Å². The summed E-state index contributed by atoms with van der Waals surface area (Å²) in [6, 6.07) is 0. The number of unbranched alkanes of at least 4 members (excludes halogenated alkanes) is 28. The van der Waals surface area contributed by atoms with Gasteiger partial charge in [0.1, 0.15) is 19.3 Å². The minimum Gasteiger partial charge on any atom is -0.462 e. The molecule has 0 aliphatic heterocycles. The first-order valence-electron chi connectivity index (χ1n) is 37.5. The van der Waals surface area contributed by atoms with Crippen molar-refractivity contribution in [3.8, 4) is 0 Å². The number of esters is 4. The summed E-state index contributed by atoms with van der Waals surface area (Å²) in [5, 5.41) is 10.6. The lowest BCUT2D eigenvalue weighted by Gasteiger charge is -2.21. The number of allylic oxidation sites excluding steroid dienone is 16. The molecule has 0 radical (unpaired) electrons. The molecule has 0 spiro atoms. The Labute approximate surface area is 582 Å². The highest BCUT2D eigenvalue weighted by Gasteiger charge is 2.30. The van der Waals surface area contributed by atoms with Gasteiger partial charge >= 0.3 is 39.5 Å². The maximum Gasteiger partial charge on any atom is 0.472 e. The lowest BCUT2D eigenvalue weighted by Crippen LogP contribution is -2.30. The van der Waals surface area contributed by atoms with Gasteiger partial charge in [0.2, 0.25) is 0 Å². The third kappa shape index (κ3) is 68.5. The second-order valence-electron chi connectivity index (χ2n) is 24.8. The van der Waals surface area contributed by atoms with Crippen molar-refractivity contribution in [1.29, 1.82) is 0 Å². The van der Waals surface area contributed by atoms with Gasteiger partial charge in [0.05, 0.1) is 26.4 Å². The fourth-order valence-electron chi connectivity index (χ4n) is 9.85. The van der Waals surface area contributed by atoms with E-state index in [9.17, 15) is 43.2 Å². The molecule has 0 rings (SSSR count). The van der Waals surface area contributed by atoms with Gasteiger partial charge in [0, 0.05) is 25.7 Å². The van der Waals surface area contributed by atoms with E-state index in [0.717, 1.165) is 180 Å². The minimum atomic E-state index is -4.97. The predicted molar refractivity (Wildman–Crippen MR) is 390 cm³/mol. The van der Waals surface area contributed by atoms with Crippen LogP contribution in [0, 0.1) is 0 Å². The number of phosphoric acid groups is 2. The summed E-state index contributed by atoms with van der Waals surface area (Å²) >= 11 is 0. The molecule has 0 aromatic rings. The topological polar surface area (TPSA) is 237 Å². The molecule has 96 heavy (non-hydrogen) atoms. The van der Waals surface area contributed by atoms with Crippen LogP contribution < -0.4 is 0 Å². The molecule has 5 atom stereocenters. The number of hydrogen-bond donors (Lipinski definition) is 3. The lowest BCUT2D eigenvalue weighted by atomic mass is 10.1. The van der Waals surface area contributed by atoms with Crippen LogP contribution in [0.5, 0.6) is 0 Å². The highest BCUT2D eigenvalue weighted by Crippen LogP contribution is 2.45. The van der Waals surface area contributed by atoms with E-state index < -0.39 is 97.5 Å². The van der Waals surface area contributed by atoms with Crippen LogP contribution in [0.2, 0.25) is 0 Å². The highest BCUT2D eigenvalue weighted by molar-refractivity contribution is 7.47. The summed E-state index contributed by atoms with van der Waals surface area (Å²) in [7, 11) is -9.95. The molecule has 0 aromatic heterocycles. The third-order valence-corrected chi connectivity index (χ3v) is 17.4. The molecule has 19 heteroatoms. The Morgan fingerprint density at radius 3 is 0.875 bits per heavy atom. The van der Waals surface area contributed by atoms with Crippen LogP contribution in [0.25, 0.3) is 0 Å². The second kappa shape index (κ2) is 69.5. The first-order valence-corrected chi connectivity index (χ1v) is 40.5. The maximum atomic E-state index is 13.0. The van der Waals surface area contributed by atoms with E-state index in [1.807, 2.05) is 0 Å². The predicted octanol–water partition coefficient (Wildman–Crippen LogP) is 21.2. The van der Waals surface area contributed by atoms with Crippen LogP contribution in [0.1, 0.15) is 310 Å². The minimum absolute atomic E-state index is 0.0824. The van der Waals surface area contributed by atoms with Crippen molar-refractivity contribution in [2.24, 2.45) is 0 Å². The van der Waals surface area contributed by atoms with Crippen LogP contribution in [0.4, 0.5) is 0 Å². The van der Waals surface area contributed by atoms with E-state index in [1.165, 1.54) is 51.4 Å². The molecular weight excluding hydrogens is 1260 g/mol. The number of aliphatic hydroxyl groups excluding tert-OH is 1. The van der Waals surface area contributed by atoms with Crippen molar-refractivity contribution in [2.45, 2.75) is 329 Å². The number of hydrogen-bond acceptors (Lipinski definition) is 15. The number of carbonyl (C=O) groups excluding carboxylic acids is 4. The van der Waals surface area contributed by atoms with Gasteiger partial charge in [-0.3, -0.25) is 37.3 Å². The maximum absolute atomic E-state index is 13.0. The third-order valence-electron chi connectivity index (χ3n) is 15.5. The van der Waals surface area contributed by atoms with Crippen molar-refractivity contribution < 1.29 is 80.2 Å². The average molecular weight is 1390 g/mol. The molecule has 17 nitrogen and oxygen atoms in total. The Morgan fingerprint density at radius 2 is 0.552 bits per heavy atom. The Hall–Kier alpha value is -4.02. The van der Waals surface area contributed by atoms with Crippen molar-refractivity contribution in [2.75, 3.05) is 39.6 Å². The molecule has 554 valence electrons. The van der Waals surface area contributed by atoms with Crippen LogP contribution >= 0.6 is 15.6 Å². The van der Waals surface area contributed by atoms with Gasteiger partial charge in [-0.05, 0) is 116 Å². The molecule has 3 N–H and O–H groups in total. The quantitative estimate of drug-likeness (QED) is 0.0169. The molecule has 0 amide bonds. The van der Waals surface area contributed by atoms with Crippen LogP contribution in [-0.2, 0) is 65.4 Å². The van der Waals surface area contributed by atoms with Gasteiger partial charge in [-0.15, -0.1) is 0 Å². The standard InChI is InChI=1S/C77H134O17P2/c1-5-9-13-17-21-25-29-31-33-35-37-39-43-45-49-53-57-61-74(79)87-67-72(93-76(81)63-59-55-51-47-41-27-23-19-15-11-7-3)69-91-95(83,84)89-65-71(78)66-90-96(85,86)92-70-73(94-77(82)64-60-56-52-48-42-28-24-20-16-12-8-4)68-88-75(80)62-58-54-50-46-44-40-38-36-34-32-30-26-22-18-14-10-6-2/h9-10,13-14,19,21-23,25-26,31-34,38,40,71-73,78H,5-8,11-12,15-18,20,24,27-30,35-37,39,41-70H2,1-4H3,(H,83,84)(H,85,86)/b13-9-,14-10-,23-19-,25-21-,26-22-,33-31-,34-32-,40-38-. The van der Waals surface area contributed by atoms with Gasteiger partial charge in [0.25, 0.3) is 0 Å². The molecule has 0 saturated carbocycles. The average Bonchev–Trinajstić information content (AvgIpc) is 1.21. The molecule has 5 unspecified atom stereocenters. The van der Waals surface area contributed by atoms with Crippen LogP contribution in [0.3, 0.4) is 0 Å². The zero-order valence-corrected chi connectivity index (χ0v) is 62.1. The highest BCUT2D eigenvalue weighted by atomic mass is 31.2. The molecule has 0 fully saturated rings. The molecular formula is C77H134O17P2. The van der Waals surface area contributed by atoms with E-state index in [1.54, 1.807) is 0 Å².